The lowest BCUT2D eigenvalue weighted by Crippen LogP contribution is -2.48. The van der Waals surface area contributed by atoms with E-state index in [0.717, 1.165) is 45.1 Å². The van der Waals surface area contributed by atoms with Crippen LogP contribution < -0.4 is 10.6 Å². The molecule has 0 saturated carbocycles. The van der Waals surface area contributed by atoms with Gasteiger partial charge in [-0.05, 0) is 14.1 Å². The number of nitrogen functional groups attached to an aromatic ring is 1. The van der Waals surface area contributed by atoms with Crippen LogP contribution in [0.2, 0.25) is 0 Å². The van der Waals surface area contributed by atoms with Crippen molar-refractivity contribution in [3.05, 3.63) is 18.1 Å². The first-order chi connectivity index (χ1) is 9.56. The van der Waals surface area contributed by atoms with Crippen molar-refractivity contribution in [1.29, 1.82) is 5.41 Å². The monoisotopic (exact) mass is 277 g/mol. The SMILES string of the molecule is CN(C)CCN1CCN(c2cnc(C(=N)N)cn2)CC1. The highest BCUT2D eigenvalue weighted by atomic mass is 15.3. The van der Waals surface area contributed by atoms with Crippen LogP contribution in [0.3, 0.4) is 0 Å². The van der Waals surface area contributed by atoms with E-state index in [0.29, 0.717) is 5.69 Å². The van der Waals surface area contributed by atoms with Gasteiger partial charge in [0.25, 0.3) is 0 Å². The summed E-state index contributed by atoms with van der Waals surface area (Å²) in [4.78, 5) is 15.4. The summed E-state index contributed by atoms with van der Waals surface area (Å²) < 4.78 is 0. The van der Waals surface area contributed by atoms with Crippen LogP contribution in [0.5, 0.6) is 0 Å². The Bertz CT molecular complexity index is 435. The zero-order valence-corrected chi connectivity index (χ0v) is 12.2. The molecule has 7 heteroatoms. The van der Waals surface area contributed by atoms with Crippen molar-refractivity contribution in [3.8, 4) is 0 Å². The fourth-order valence-corrected chi connectivity index (χ4v) is 2.17. The molecule has 1 aliphatic rings. The molecule has 0 radical (unpaired) electrons. The molecule has 3 N–H and O–H groups in total. The standard InChI is InChI=1S/C13H23N7/c1-18(2)3-4-19-5-7-20(8-6-19)12-10-16-11(9-17-12)13(14)15/h9-10H,3-8H2,1-2H3,(H3,14,15). The molecule has 1 aliphatic heterocycles. The number of anilines is 1. The van der Waals surface area contributed by atoms with Crippen LogP contribution in [0, 0.1) is 5.41 Å². The van der Waals surface area contributed by atoms with E-state index in [1.54, 1.807) is 12.4 Å². The first kappa shape index (κ1) is 14.7. The van der Waals surface area contributed by atoms with Crippen molar-refractivity contribution >= 4 is 11.7 Å². The molecule has 1 saturated heterocycles. The maximum Gasteiger partial charge on any atom is 0.147 e. The molecule has 0 atom stereocenters. The predicted molar refractivity (Wildman–Crippen MR) is 80.3 cm³/mol. The normalized spacial score (nSPS) is 16.6. The van der Waals surface area contributed by atoms with E-state index < -0.39 is 0 Å². The molecule has 0 amide bonds. The van der Waals surface area contributed by atoms with Gasteiger partial charge in [0.05, 0.1) is 12.4 Å². The van der Waals surface area contributed by atoms with Crippen LogP contribution in [0.4, 0.5) is 5.82 Å². The van der Waals surface area contributed by atoms with E-state index in [1.165, 1.54) is 0 Å². The van der Waals surface area contributed by atoms with Gasteiger partial charge in [0.15, 0.2) is 0 Å². The summed E-state index contributed by atoms with van der Waals surface area (Å²) in [7, 11) is 4.20. The van der Waals surface area contributed by atoms with E-state index >= 15 is 0 Å². The van der Waals surface area contributed by atoms with Gasteiger partial charge in [-0.15, -0.1) is 0 Å². The Morgan fingerprint density at radius 3 is 2.45 bits per heavy atom. The Morgan fingerprint density at radius 2 is 1.95 bits per heavy atom. The largest absolute Gasteiger partial charge is 0.382 e. The molecule has 7 nitrogen and oxygen atoms in total. The van der Waals surface area contributed by atoms with Gasteiger partial charge in [-0.1, -0.05) is 0 Å². The van der Waals surface area contributed by atoms with Gasteiger partial charge in [-0.25, -0.2) is 9.97 Å². The first-order valence-electron chi connectivity index (χ1n) is 6.85. The number of nitrogens with one attached hydrogen (secondary N) is 1. The molecule has 110 valence electrons. The number of hydrogen-bond donors (Lipinski definition) is 2. The van der Waals surface area contributed by atoms with Gasteiger partial charge in [-0.2, -0.15) is 0 Å². The van der Waals surface area contributed by atoms with E-state index in [9.17, 15) is 0 Å². The highest BCUT2D eigenvalue weighted by Crippen LogP contribution is 2.12. The number of aromatic nitrogens is 2. The number of rotatable bonds is 5. The molecule has 2 heterocycles. The number of hydrogen-bond acceptors (Lipinski definition) is 6. The number of nitrogens with two attached hydrogens (primary N) is 1. The third kappa shape index (κ3) is 3.88. The molecule has 1 aromatic rings. The number of amidine groups is 1. The maximum atomic E-state index is 7.31. The summed E-state index contributed by atoms with van der Waals surface area (Å²) in [5, 5.41) is 7.31. The summed E-state index contributed by atoms with van der Waals surface area (Å²) in [5.74, 6) is 0.819. The Kier molecular flexibility index (Phi) is 4.86. The lowest BCUT2D eigenvalue weighted by atomic mass is 10.3. The zero-order valence-electron chi connectivity index (χ0n) is 12.2. The van der Waals surface area contributed by atoms with Crippen LogP contribution in [0.1, 0.15) is 5.69 Å². The molecule has 0 spiro atoms. The molecule has 2 rings (SSSR count). The van der Waals surface area contributed by atoms with E-state index in [-0.39, 0.29) is 5.84 Å². The van der Waals surface area contributed by atoms with Gasteiger partial charge < -0.3 is 15.5 Å². The lowest BCUT2D eigenvalue weighted by Gasteiger charge is -2.35. The molecular formula is C13H23N7. The Morgan fingerprint density at radius 1 is 1.25 bits per heavy atom. The molecule has 1 fully saturated rings. The molecule has 20 heavy (non-hydrogen) atoms. The number of nitrogens with zero attached hydrogens (tertiary/aromatic N) is 5. The fourth-order valence-electron chi connectivity index (χ4n) is 2.17. The molecule has 0 aliphatic carbocycles. The number of likely N-dealkylation sites (N-methyl/N-ethyl adjacent to an activating group) is 1. The Labute approximate surface area is 119 Å². The van der Waals surface area contributed by atoms with Gasteiger partial charge >= 0.3 is 0 Å². The summed E-state index contributed by atoms with van der Waals surface area (Å²) in [6, 6.07) is 0. The van der Waals surface area contributed by atoms with Crippen molar-refractivity contribution < 1.29 is 0 Å². The van der Waals surface area contributed by atoms with Crippen LogP contribution >= 0.6 is 0 Å². The summed E-state index contributed by atoms with van der Waals surface area (Å²) >= 11 is 0. The number of piperazine rings is 1. The van der Waals surface area contributed by atoms with Crippen LogP contribution in [0.25, 0.3) is 0 Å². The quantitative estimate of drug-likeness (QED) is 0.554. The van der Waals surface area contributed by atoms with Crippen molar-refractivity contribution in [2.75, 3.05) is 58.3 Å². The third-order valence-corrected chi connectivity index (χ3v) is 3.47. The third-order valence-electron chi connectivity index (χ3n) is 3.47. The second kappa shape index (κ2) is 6.62. The maximum absolute atomic E-state index is 7.31. The fraction of sp³-hybridized carbons (Fsp3) is 0.615. The van der Waals surface area contributed by atoms with Gasteiger partial charge in [0, 0.05) is 39.3 Å². The molecule has 0 aromatic carbocycles. The second-order valence-electron chi connectivity index (χ2n) is 5.31. The predicted octanol–water partition coefficient (Wildman–Crippen LogP) is -0.556. The molecule has 1 aromatic heterocycles. The van der Waals surface area contributed by atoms with Gasteiger partial charge in [0.2, 0.25) is 0 Å². The minimum atomic E-state index is -0.0439. The van der Waals surface area contributed by atoms with Crippen molar-refractivity contribution in [1.82, 2.24) is 19.8 Å². The smallest absolute Gasteiger partial charge is 0.147 e. The highest BCUT2D eigenvalue weighted by Gasteiger charge is 2.18. The van der Waals surface area contributed by atoms with E-state index in [4.69, 9.17) is 11.1 Å². The minimum absolute atomic E-state index is 0.0439. The van der Waals surface area contributed by atoms with Crippen LogP contribution in [-0.4, -0.2) is 79.0 Å². The van der Waals surface area contributed by atoms with Gasteiger partial charge in [-0.3, -0.25) is 10.3 Å². The topological polar surface area (TPSA) is 85.4 Å². The average Bonchev–Trinajstić information content (AvgIpc) is 2.46. The Balaban J connectivity index is 1.85. The van der Waals surface area contributed by atoms with E-state index in [2.05, 4.69) is 38.8 Å². The highest BCUT2D eigenvalue weighted by molar-refractivity contribution is 5.92. The molecule has 0 bridgehead atoms. The summed E-state index contributed by atoms with van der Waals surface area (Å²) in [6.45, 7) is 6.21. The van der Waals surface area contributed by atoms with Crippen molar-refractivity contribution in [2.24, 2.45) is 5.73 Å². The zero-order chi connectivity index (χ0) is 14.5. The second-order valence-corrected chi connectivity index (χ2v) is 5.31. The first-order valence-corrected chi connectivity index (χ1v) is 6.85. The average molecular weight is 277 g/mol. The van der Waals surface area contributed by atoms with E-state index in [1.807, 2.05) is 0 Å². The van der Waals surface area contributed by atoms with Crippen molar-refractivity contribution in [3.63, 3.8) is 0 Å². The lowest BCUT2D eigenvalue weighted by molar-refractivity contribution is 0.229. The van der Waals surface area contributed by atoms with Gasteiger partial charge in [0.1, 0.15) is 17.3 Å². The van der Waals surface area contributed by atoms with Crippen molar-refractivity contribution in [2.45, 2.75) is 0 Å². The summed E-state index contributed by atoms with van der Waals surface area (Å²) in [5.41, 5.74) is 5.80. The van der Waals surface area contributed by atoms with Crippen LogP contribution in [-0.2, 0) is 0 Å². The molecule has 0 unspecified atom stereocenters. The summed E-state index contributed by atoms with van der Waals surface area (Å²) in [6.07, 6.45) is 3.27. The van der Waals surface area contributed by atoms with Crippen LogP contribution in [0.15, 0.2) is 12.4 Å². The Hall–Kier alpha value is -1.73. The minimum Gasteiger partial charge on any atom is -0.382 e. The molecular weight excluding hydrogens is 254 g/mol.